The van der Waals surface area contributed by atoms with Crippen molar-refractivity contribution in [2.75, 3.05) is 20.3 Å². The van der Waals surface area contributed by atoms with Crippen LogP contribution in [0.25, 0.3) is 0 Å². The highest BCUT2D eigenvalue weighted by molar-refractivity contribution is 6.30. The molecule has 0 N–H and O–H groups in total. The molecule has 98 valence electrons. The Labute approximate surface area is 113 Å². The van der Waals surface area contributed by atoms with Crippen molar-refractivity contribution in [3.05, 3.63) is 34.9 Å². The largest absolute Gasteiger partial charge is 0.382 e. The first-order chi connectivity index (χ1) is 8.79. The molecule has 0 saturated carbocycles. The Balaban J connectivity index is 1.85. The lowest BCUT2D eigenvalue weighted by Crippen LogP contribution is -2.28. The van der Waals surface area contributed by atoms with Crippen molar-refractivity contribution >= 4 is 17.8 Å². The number of benzene rings is 1. The van der Waals surface area contributed by atoms with Crippen LogP contribution in [-0.2, 0) is 11.2 Å². The maximum atomic E-state index is 5.85. The molecule has 1 atom stereocenters. The Morgan fingerprint density at radius 2 is 2.22 bits per heavy atom. The fourth-order valence-corrected chi connectivity index (χ4v) is 2.33. The quantitative estimate of drug-likeness (QED) is 0.766. The monoisotopic (exact) mass is 266 g/mol. The van der Waals surface area contributed by atoms with E-state index in [0.29, 0.717) is 6.04 Å². The lowest BCUT2D eigenvalue weighted by Gasteiger charge is -2.20. The molecule has 1 aliphatic rings. The van der Waals surface area contributed by atoms with E-state index in [1.807, 2.05) is 30.5 Å². The second kappa shape index (κ2) is 6.76. The van der Waals surface area contributed by atoms with Gasteiger partial charge in [0.25, 0.3) is 0 Å². The summed E-state index contributed by atoms with van der Waals surface area (Å²) in [6, 6.07) is 8.33. The lowest BCUT2D eigenvalue weighted by molar-refractivity contribution is 0.118. The van der Waals surface area contributed by atoms with Crippen LogP contribution in [0.15, 0.2) is 29.4 Å². The molecule has 0 aromatic heterocycles. The van der Waals surface area contributed by atoms with E-state index in [0.717, 1.165) is 24.6 Å². The van der Waals surface area contributed by atoms with Crippen LogP contribution >= 0.6 is 11.6 Å². The highest BCUT2D eigenvalue weighted by Crippen LogP contribution is 2.17. The molecule has 1 aromatic rings. The van der Waals surface area contributed by atoms with Gasteiger partial charge in [-0.2, -0.15) is 5.10 Å². The van der Waals surface area contributed by atoms with Crippen molar-refractivity contribution in [3.63, 3.8) is 0 Å². The Morgan fingerprint density at radius 1 is 1.44 bits per heavy atom. The van der Waals surface area contributed by atoms with Gasteiger partial charge in [-0.3, -0.25) is 5.01 Å². The van der Waals surface area contributed by atoms with Gasteiger partial charge in [0.1, 0.15) is 0 Å². The summed E-state index contributed by atoms with van der Waals surface area (Å²) in [7, 11) is 1.74. The molecule has 0 spiro atoms. The summed E-state index contributed by atoms with van der Waals surface area (Å²) in [5.74, 6) is 0. The van der Waals surface area contributed by atoms with Crippen LogP contribution in [0.4, 0.5) is 0 Å². The molecule has 4 heteroatoms. The molecule has 0 radical (unpaired) electrons. The van der Waals surface area contributed by atoms with Crippen LogP contribution < -0.4 is 0 Å². The van der Waals surface area contributed by atoms with E-state index < -0.39 is 0 Å². The van der Waals surface area contributed by atoms with Gasteiger partial charge in [-0.15, -0.1) is 0 Å². The highest BCUT2D eigenvalue weighted by Gasteiger charge is 2.22. The molecule has 0 unspecified atom stereocenters. The van der Waals surface area contributed by atoms with Gasteiger partial charge >= 0.3 is 0 Å². The van der Waals surface area contributed by atoms with Gasteiger partial charge in [0, 0.05) is 31.3 Å². The van der Waals surface area contributed by atoms with E-state index in [1.54, 1.807) is 7.11 Å². The van der Waals surface area contributed by atoms with Crippen LogP contribution in [0.2, 0.25) is 5.02 Å². The van der Waals surface area contributed by atoms with Crippen molar-refractivity contribution in [2.24, 2.45) is 5.10 Å². The fraction of sp³-hybridized carbons (Fsp3) is 0.500. The molecule has 1 aliphatic heterocycles. The summed E-state index contributed by atoms with van der Waals surface area (Å²) in [6.45, 7) is 1.80. The molecule has 1 heterocycles. The zero-order valence-corrected chi connectivity index (χ0v) is 11.4. The normalized spacial score (nSPS) is 19.9. The predicted octanol–water partition coefficient (Wildman–Crippen LogP) is 2.98. The number of nitrogens with zero attached hydrogens (tertiary/aromatic N) is 2. The Bertz CT molecular complexity index is 391. The highest BCUT2D eigenvalue weighted by atomic mass is 35.5. The first-order valence-electron chi connectivity index (χ1n) is 6.32. The molecule has 1 fully saturated rings. The molecule has 1 saturated heterocycles. The topological polar surface area (TPSA) is 24.8 Å². The minimum atomic E-state index is 0.441. The van der Waals surface area contributed by atoms with Crippen LogP contribution in [0.5, 0.6) is 0 Å². The van der Waals surface area contributed by atoms with Crippen molar-refractivity contribution < 1.29 is 4.74 Å². The van der Waals surface area contributed by atoms with E-state index >= 15 is 0 Å². The van der Waals surface area contributed by atoms with Gasteiger partial charge in [0.2, 0.25) is 0 Å². The third-order valence-corrected chi connectivity index (χ3v) is 3.43. The van der Waals surface area contributed by atoms with Crippen LogP contribution in [0.3, 0.4) is 0 Å². The van der Waals surface area contributed by atoms with Gasteiger partial charge in [0.05, 0.1) is 12.6 Å². The minimum Gasteiger partial charge on any atom is -0.382 e. The fourth-order valence-electron chi connectivity index (χ4n) is 2.21. The van der Waals surface area contributed by atoms with Crippen LogP contribution in [0, 0.1) is 0 Å². The van der Waals surface area contributed by atoms with Gasteiger partial charge in [-0.1, -0.05) is 23.7 Å². The third-order valence-electron chi connectivity index (χ3n) is 3.18. The van der Waals surface area contributed by atoms with Crippen molar-refractivity contribution in [1.29, 1.82) is 0 Å². The number of rotatable bonds is 5. The summed E-state index contributed by atoms with van der Waals surface area (Å²) in [5, 5.41) is 7.45. The number of hydrogen-bond acceptors (Lipinski definition) is 3. The number of halogens is 1. The molecular formula is C14H19ClN2O. The average molecular weight is 267 g/mol. The molecule has 3 nitrogen and oxygen atoms in total. The summed E-state index contributed by atoms with van der Waals surface area (Å²) >= 11 is 5.85. The van der Waals surface area contributed by atoms with Crippen molar-refractivity contribution in [2.45, 2.75) is 25.3 Å². The molecule has 0 bridgehead atoms. The predicted molar refractivity (Wildman–Crippen MR) is 75.3 cm³/mol. The summed E-state index contributed by atoms with van der Waals surface area (Å²) < 4.78 is 5.20. The van der Waals surface area contributed by atoms with Crippen LogP contribution in [-0.4, -0.2) is 37.5 Å². The number of ether oxygens (including phenoxy) is 1. The smallest absolute Gasteiger partial charge is 0.0704 e. The summed E-state index contributed by atoms with van der Waals surface area (Å²) in [6.07, 6.45) is 5.18. The minimum absolute atomic E-state index is 0.441. The molecule has 18 heavy (non-hydrogen) atoms. The second-order valence-corrected chi connectivity index (χ2v) is 4.98. The first kappa shape index (κ1) is 13.4. The van der Waals surface area contributed by atoms with E-state index in [1.165, 1.54) is 18.4 Å². The summed E-state index contributed by atoms with van der Waals surface area (Å²) in [4.78, 5) is 0. The summed E-state index contributed by atoms with van der Waals surface area (Å²) in [5.41, 5.74) is 1.23. The van der Waals surface area contributed by atoms with E-state index in [4.69, 9.17) is 16.3 Å². The molecule has 0 aliphatic carbocycles. The van der Waals surface area contributed by atoms with Gasteiger partial charge in [0.15, 0.2) is 0 Å². The van der Waals surface area contributed by atoms with Crippen molar-refractivity contribution in [3.8, 4) is 0 Å². The zero-order valence-electron chi connectivity index (χ0n) is 10.7. The maximum Gasteiger partial charge on any atom is 0.0704 e. The maximum absolute atomic E-state index is 5.85. The standard InChI is InChI=1S/C14H19ClN2O/c1-18-11-14-3-2-10-17(14)16-9-8-12-4-6-13(15)7-5-12/h4-7,9,14H,2-3,8,10-11H2,1H3/b16-9+/t14-/m0/s1. The Morgan fingerprint density at radius 3 is 2.94 bits per heavy atom. The zero-order chi connectivity index (χ0) is 12.8. The van der Waals surface area contributed by atoms with E-state index in [9.17, 15) is 0 Å². The van der Waals surface area contributed by atoms with Crippen molar-refractivity contribution in [1.82, 2.24) is 5.01 Å². The molecular weight excluding hydrogens is 248 g/mol. The lowest BCUT2D eigenvalue weighted by atomic mass is 10.2. The molecule has 2 rings (SSSR count). The number of hydrazone groups is 1. The number of hydrogen-bond donors (Lipinski definition) is 0. The van der Waals surface area contributed by atoms with Gasteiger partial charge < -0.3 is 4.74 Å². The Kier molecular flexibility index (Phi) is 5.02. The third kappa shape index (κ3) is 3.72. The number of methoxy groups -OCH3 is 1. The molecule has 1 aromatic carbocycles. The second-order valence-electron chi connectivity index (χ2n) is 4.54. The SMILES string of the molecule is COC[C@@H]1CCCN1/N=C/Cc1ccc(Cl)cc1. The molecule has 0 amide bonds. The van der Waals surface area contributed by atoms with Gasteiger partial charge in [-0.25, -0.2) is 0 Å². The Hall–Kier alpha value is -1.06. The van der Waals surface area contributed by atoms with E-state index in [-0.39, 0.29) is 0 Å². The van der Waals surface area contributed by atoms with Crippen LogP contribution in [0.1, 0.15) is 18.4 Å². The average Bonchev–Trinajstić information content (AvgIpc) is 2.80. The first-order valence-corrected chi connectivity index (χ1v) is 6.70. The van der Waals surface area contributed by atoms with E-state index in [2.05, 4.69) is 10.1 Å². The van der Waals surface area contributed by atoms with Gasteiger partial charge in [-0.05, 0) is 30.5 Å².